The van der Waals surface area contributed by atoms with E-state index in [4.69, 9.17) is 4.74 Å². The van der Waals surface area contributed by atoms with Crippen molar-refractivity contribution in [3.63, 3.8) is 0 Å². The molecule has 0 bridgehead atoms. The molecule has 154 valence electrons. The van der Waals surface area contributed by atoms with Gasteiger partial charge in [-0.1, -0.05) is 12.8 Å². The van der Waals surface area contributed by atoms with Gasteiger partial charge in [0.1, 0.15) is 9.84 Å². The molecule has 2 rings (SSSR count). The van der Waals surface area contributed by atoms with Gasteiger partial charge in [0.25, 0.3) is 0 Å². The monoisotopic (exact) mass is 502 g/mol. The first-order valence-electron chi connectivity index (χ1n) is 9.44. The average molecular weight is 502 g/mol. The highest BCUT2D eigenvalue weighted by atomic mass is 127. The lowest BCUT2D eigenvalue weighted by molar-refractivity contribution is 0.148. The van der Waals surface area contributed by atoms with E-state index in [9.17, 15) is 8.42 Å². The lowest BCUT2D eigenvalue weighted by atomic mass is 10.0. The van der Waals surface area contributed by atoms with Crippen molar-refractivity contribution in [1.29, 1.82) is 0 Å². The minimum atomic E-state index is -2.95. The Morgan fingerprint density at radius 2 is 1.81 bits per heavy atom. The van der Waals surface area contributed by atoms with Crippen LogP contribution in [0.25, 0.3) is 0 Å². The highest BCUT2D eigenvalue weighted by Gasteiger charge is 2.27. The van der Waals surface area contributed by atoms with E-state index in [0.717, 1.165) is 24.8 Å². The van der Waals surface area contributed by atoms with E-state index in [1.807, 2.05) is 0 Å². The number of guanidine groups is 1. The molecule has 2 aliphatic rings. The van der Waals surface area contributed by atoms with Crippen molar-refractivity contribution in [1.82, 2.24) is 15.5 Å². The molecule has 1 aliphatic heterocycles. The third kappa shape index (κ3) is 9.18. The number of aliphatic imine (C=N–C) groups is 1. The van der Waals surface area contributed by atoms with Gasteiger partial charge in [0.15, 0.2) is 5.96 Å². The van der Waals surface area contributed by atoms with Gasteiger partial charge in [-0.05, 0) is 25.7 Å². The van der Waals surface area contributed by atoms with Gasteiger partial charge in [0.2, 0.25) is 0 Å². The van der Waals surface area contributed by atoms with Crippen molar-refractivity contribution < 1.29 is 13.2 Å². The van der Waals surface area contributed by atoms with Crippen molar-refractivity contribution >= 4 is 39.8 Å². The van der Waals surface area contributed by atoms with Crippen LogP contribution < -0.4 is 10.6 Å². The fourth-order valence-electron chi connectivity index (χ4n) is 3.62. The Balaban J connectivity index is 0.00000338. The van der Waals surface area contributed by atoms with E-state index >= 15 is 0 Å². The number of ether oxygens (including phenoxy) is 1. The molecule has 2 fully saturated rings. The van der Waals surface area contributed by atoms with E-state index < -0.39 is 9.84 Å². The normalized spacial score (nSPS) is 20.8. The first-order chi connectivity index (χ1) is 12.0. The molecule has 1 heterocycles. The minimum absolute atomic E-state index is 0. The van der Waals surface area contributed by atoms with Gasteiger partial charge in [-0.25, -0.2) is 8.42 Å². The predicted octanol–water partition coefficient (Wildman–Crippen LogP) is 1.24. The van der Waals surface area contributed by atoms with Crippen LogP contribution in [-0.4, -0.2) is 83.3 Å². The van der Waals surface area contributed by atoms with Crippen LogP contribution >= 0.6 is 24.0 Å². The Hall–Kier alpha value is -0.130. The zero-order chi connectivity index (χ0) is 18.1. The molecule has 1 aliphatic carbocycles. The van der Waals surface area contributed by atoms with Crippen LogP contribution in [0.3, 0.4) is 0 Å². The number of hydrogen-bond donors (Lipinski definition) is 2. The maximum Gasteiger partial charge on any atom is 0.191 e. The third-order valence-corrected chi connectivity index (χ3v) is 5.98. The quantitative estimate of drug-likeness (QED) is 0.225. The lowest BCUT2D eigenvalue weighted by Gasteiger charge is -2.36. The van der Waals surface area contributed by atoms with Crippen molar-refractivity contribution in [3.05, 3.63) is 0 Å². The number of sulfone groups is 1. The van der Waals surface area contributed by atoms with Crippen LogP contribution in [0.4, 0.5) is 0 Å². The van der Waals surface area contributed by atoms with Crippen LogP contribution in [0.1, 0.15) is 38.5 Å². The van der Waals surface area contributed by atoms with Crippen LogP contribution in [-0.2, 0) is 14.6 Å². The number of halogens is 1. The molecule has 0 spiro atoms. The fourth-order valence-corrected chi connectivity index (χ4v) is 4.04. The summed E-state index contributed by atoms with van der Waals surface area (Å²) in [6.45, 7) is 3.68. The summed E-state index contributed by atoms with van der Waals surface area (Å²) in [6.07, 6.45) is 9.07. The zero-order valence-electron chi connectivity index (χ0n) is 16.1. The molecule has 0 aromatic rings. The summed E-state index contributed by atoms with van der Waals surface area (Å²) in [5, 5.41) is 6.72. The maximum atomic E-state index is 11.0. The molecular weight excluding hydrogens is 467 g/mol. The van der Waals surface area contributed by atoms with Crippen LogP contribution in [0.5, 0.6) is 0 Å². The number of piperidine rings is 1. The molecule has 2 N–H and O–H groups in total. The summed E-state index contributed by atoms with van der Waals surface area (Å²) >= 11 is 0. The van der Waals surface area contributed by atoms with Gasteiger partial charge in [0.05, 0.1) is 19.0 Å². The number of nitrogens with one attached hydrogen (secondary N) is 2. The maximum absolute atomic E-state index is 11.0. The van der Waals surface area contributed by atoms with Crippen LogP contribution in [0, 0.1) is 0 Å². The van der Waals surface area contributed by atoms with Crippen molar-refractivity contribution in [2.75, 3.05) is 51.9 Å². The number of hydrogen-bond acceptors (Lipinski definition) is 5. The van der Waals surface area contributed by atoms with E-state index in [-0.39, 0.29) is 36.3 Å². The highest BCUT2D eigenvalue weighted by molar-refractivity contribution is 14.0. The van der Waals surface area contributed by atoms with Crippen molar-refractivity contribution in [2.45, 2.75) is 50.6 Å². The molecular formula is C17H35IN4O3S. The Labute approximate surface area is 175 Å². The zero-order valence-corrected chi connectivity index (χ0v) is 19.2. The van der Waals surface area contributed by atoms with E-state index in [0.29, 0.717) is 19.2 Å². The molecule has 0 amide bonds. The largest absolute Gasteiger partial charge is 0.379 e. The van der Waals surface area contributed by atoms with Crippen molar-refractivity contribution in [3.8, 4) is 0 Å². The standard InChI is InChI=1S/C17H34N4O3S.HI/c1-18-17(19-9-12-24-13-14-25(2,22)23)20-15-7-10-21(11-8-15)16-5-3-4-6-16;/h15-16H,3-14H2,1-2H3,(H2,18,19,20);1H. The molecule has 0 radical (unpaired) electrons. The van der Waals surface area contributed by atoms with E-state index in [1.165, 1.54) is 45.0 Å². The Bertz CT molecular complexity index is 516. The van der Waals surface area contributed by atoms with E-state index in [1.54, 1.807) is 7.05 Å². The average Bonchev–Trinajstić information content (AvgIpc) is 3.11. The summed E-state index contributed by atoms with van der Waals surface area (Å²) in [5.74, 6) is 0.866. The molecule has 7 nitrogen and oxygen atoms in total. The molecule has 0 aromatic heterocycles. The van der Waals surface area contributed by atoms with Crippen LogP contribution in [0.2, 0.25) is 0 Å². The molecule has 0 unspecified atom stereocenters. The molecule has 0 atom stereocenters. The summed E-state index contributed by atoms with van der Waals surface area (Å²) in [5.41, 5.74) is 0. The van der Waals surface area contributed by atoms with Crippen LogP contribution in [0.15, 0.2) is 4.99 Å². The van der Waals surface area contributed by atoms with E-state index in [2.05, 4.69) is 20.5 Å². The van der Waals surface area contributed by atoms with Gasteiger partial charge in [0, 0.05) is 45.0 Å². The first kappa shape index (κ1) is 23.9. The van der Waals surface area contributed by atoms with Gasteiger partial charge in [-0.3, -0.25) is 4.99 Å². The van der Waals surface area contributed by atoms with Gasteiger partial charge >= 0.3 is 0 Å². The Kier molecular flexibility index (Phi) is 11.4. The molecule has 0 aromatic carbocycles. The smallest absolute Gasteiger partial charge is 0.191 e. The Morgan fingerprint density at radius 3 is 2.38 bits per heavy atom. The Morgan fingerprint density at radius 1 is 1.15 bits per heavy atom. The summed E-state index contributed by atoms with van der Waals surface area (Å²) in [7, 11) is -1.18. The number of rotatable bonds is 8. The van der Waals surface area contributed by atoms with Gasteiger partial charge in [-0.2, -0.15) is 0 Å². The molecule has 1 saturated heterocycles. The fraction of sp³-hybridized carbons (Fsp3) is 0.941. The topological polar surface area (TPSA) is 83.0 Å². The van der Waals surface area contributed by atoms with Gasteiger partial charge < -0.3 is 20.3 Å². The lowest BCUT2D eigenvalue weighted by Crippen LogP contribution is -2.50. The van der Waals surface area contributed by atoms with Gasteiger partial charge in [-0.15, -0.1) is 24.0 Å². The number of likely N-dealkylation sites (tertiary alicyclic amines) is 1. The highest BCUT2D eigenvalue weighted by Crippen LogP contribution is 2.26. The van der Waals surface area contributed by atoms with Crippen molar-refractivity contribution in [2.24, 2.45) is 4.99 Å². The SMILES string of the molecule is CN=C(NCCOCCS(C)(=O)=O)NC1CCN(C2CCCC2)CC1.I. The second kappa shape index (κ2) is 12.4. The molecule has 26 heavy (non-hydrogen) atoms. The molecule has 9 heteroatoms. The second-order valence-electron chi connectivity index (χ2n) is 7.13. The number of nitrogens with zero attached hydrogens (tertiary/aromatic N) is 2. The third-order valence-electron chi connectivity index (χ3n) is 5.07. The summed E-state index contributed by atoms with van der Waals surface area (Å²) in [4.78, 5) is 6.93. The second-order valence-corrected chi connectivity index (χ2v) is 9.39. The predicted molar refractivity (Wildman–Crippen MR) is 117 cm³/mol. The minimum Gasteiger partial charge on any atom is -0.379 e. The molecule has 1 saturated carbocycles. The summed E-state index contributed by atoms with van der Waals surface area (Å²) in [6, 6.07) is 1.29. The summed E-state index contributed by atoms with van der Waals surface area (Å²) < 4.78 is 27.4. The first-order valence-corrected chi connectivity index (χ1v) is 11.5.